The Morgan fingerprint density at radius 2 is 1.73 bits per heavy atom. The summed E-state index contributed by atoms with van der Waals surface area (Å²) in [5.74, 6) is -3.69. The summed E-state index contributed by atoms with van der Waals surface area (Å²) in [4.78, 5) is 14.7. The van der Waals surface area contributed by atoms with Gasteiger partial charge in [-0.3, -0.25) is 4.90 Å². The van der Waals surface area contributed by atoms with Gasteiger partial charge in [0.25, 0.3) is 0 Å². The Balaban J connectivity index is 0.00000337. The Hall–Kier alpha value is -3.30. The molecule has 0 aromatic heterocycles. The molecule has 4 aliphatic heterocycles. The number of quaternary nitrogens is 1. The van der Waals surface area contributed by atoms with Crippen molar-refractivity contribution in [1.82, 2.24) is 0 Å². The first-order chi connectivity index (χ1) is 19.3. The first-order valence-electron chi connectivity index (χ1n) is 13.8. The van der Waals surface area contributed by atoms with Gasteiger partial charge in [0.2, 0.25) is 0 Å². The number of amides is 1. The summed E-state index contributed by atoms with van der Waals surface area (Å²) in [6, 6.07) is 13.4. The number of piperidine rings is 3. The van der Waals surface area contributed by atoms with Gasteiger partial charge in [0.15, 0.2) is 23.6 Å². The molecule has 3 aromatic carbocycles. The summed E-state index contributed by atoms with van der Waals surface area (Å²) < 4.78 is 68.0. The number of hydrogen-bond acceptors (Lipinski definition) is 3. The van der Waals surface area contributed by atoms with E-state index < -0.39 is 29.4 Å². The van der Waals surface area contributed by atoms with E-state index in [9.17, 15) is 22.4 Å². The molecular formula is C31H31ClF4N2O3. The number of halogens is 5. The molecule has 1 amide bonds. The molecule has 0 N–H and O–H groups in total. The predicted octanol–water partition coefficient (Wildman–Crippen LogP) is 3.18. The van der Waals surface area contributed by atoms with Crippen LogP contribution >= 0.6 is 0 Å². The maximum absolute atomic E-state index is 14.1. The third-order valence-electron chi connectivity index (χ3n) is 8.65. The van der Waals surface area contributed by atoms with E-state index >= 15 is 0 Å². The van der Waals surface area contributed by atoms with E-state index in [1.54, 1.807) is 0 Å². The van der Waals surface area contributed by atoms with Crippen molar-refractivity contribution in [1.29, 1.82) is 0 Å². The van der Waals surface area contributed by atoms with Gasteiger partial charge in [0, 0.05) is 31.6 Å². The van der Waals surface area contributed by atoms with E-state index in [1.165, 1.54) is 29.3 Å². The van der Waals surface area contributed by atoms with Crippen LogP contribution in [-0.2, 0) is 24.1 Å². The zero-order valence-corrected chi connectivity index (χ0v) is 23.2. The van der Waals surface area contributed by atoms with Gasteiger partial charge in [-0.05, 0) is 53.1 Å². The van der Waals surface area contributed by atoms with Crippen molar-refractivity contribution in [3.05, 3.63) is 94.6 Å². The highest BCUT2D eigenvalue weighted by Gasteiger charge is 2.47. The zero-order valence-electron chi connectivity index (χ0n) is 22.4. The molecule has 5 nitrogen and oxygen atoms in total. The zero-order chi connectivity index (χ0) is 27.9. The van der Waals surface area contributed by atoms with Crippen molar-refractivity contribution >= 4 is 11.8 Å². The molecule has 3 saturated heterocycles. The van der Waals surface area contributed by atoms with Crippen molar-refractivity contribution in [2.45, 2.75) is 38.3 Å². The molecule has 41 heavy (non-hydrogen) atoms. The lowest BCUT2D eigenvalue weighted by molar-refractivity contribution is -0.945. The van der Waals surface area contributed by atoms with Crippen LogP contribution in [0.3, 0.4) is 0 Å². The SMILES string of the molecule is O=C(O[C@H]1C[N+]2(CCc3ccc4c(c3)CCO4)CCC1CC2)N(Cc1cc(F)c(F)c(F)c1)c1cccc(F)c1.[Cl-]. The number of carbonyl (C=O) groups excluding carboxylic acids is 1. The minimum Gasteiger partial charge on any atom is -1.00 e. The van der Waals surface area contributed by atoms with Gasteiger partial charge in [-0.1, -0.05) is 18.2 Å². The van der Waals surface area contributed by atoms with E-state index in [1.807, 2.05) is 6.07 Å². The van der Waals surface area contributed by atoms with Gasteiger partial charge >= 0.3 is 6.09 Å². The molecule has 3 aromatic rings. The lowest BCUT2D eigenvalue weighted by Gasteiger charge is -2.52. The van der Waals surface area contributed by atoms with Gasteiger partial charge < -0.3 is 26.4 Å². The third kappa shape index (κ3) is 6.16. The number of carbonyl (C=O) groups is 1. The lowest BCUT2D eigenvalue weighted by atomic mass is 9.83. The van der Waals surface area contributed by atoms with E-state index in [0.717, 1.165) is 85.3 Å². The summed E-state index contributed by atoms with van der Waals surface area (Å²) >= 11 is 0. The highest BCUT2D eigenvalue weighted by molar-refractivity contribution is 5.87. The molecule has 4 aliphatic rings. The van der Waals surface area contributed by atoms with Gasteiger partial charge in [-0.25, -0.2) is 22.4 Å². The maximum Gasteiger partial charge on any atom is 0.415 e. The second kappa shape index (κ2) is 11.9. The molecular weight excluding hydrogens is 560 g/mol. The van der Waals surface area contributed by atoms with Crippen LogP contribution in [0.25, 0.3) is 0 Å². The van der Waals surface area contributed by atoms with Crippen LogP contribution in [0.15, 0.2) is 54.6 Å². The minimum atomic E-state index is -1.59. The highest BCUT2D eigenvalue weighted by atomic mass is 35.5. The number of rotatable bonds is 7. The quantitative estimate of drug-likeness (QED) is 0.241. The average Bonchev–Trinajstić information content (AvgIpc) is 3.42. The molecule has 3 fully saturated rings. The van der Waals surface area contributed by atoms with Crippen LogP contribution in [-0.4, -0.2) is 49.5 Å². The van der Waals surface area contributed by atoms with Crippen molar-refractivity contribution < 1.29 is 48.7 Å². The van der Waals surface area contributed by atoms with E-state index in [2.05, 4.69) is 12.1 Å². The number of benzene rings is 3. The first kappa shape index (κ1) is 29.2. The molecule has 218 valence electrons. The molecule has 10 heteroatoms. The van der Waals surface area contributed by atoms with E-state index in [4.69, 9.17) is 9.47 Å². The van der Waals surface area contributed by atoms with Crippen molar-refractivity contribution in [2.75, 3.05) is 37.7 Å². The fourth-order valence-corrected chi connectivity index (χ4v) is 6.41. The van der Waals surface area contributed by atoms with E-state index in [-0.39, 0.29) is 42.2 Å². The summed E-state index contributed by atoms with van der Waals surface area (Å²) in [6.45, 7) is 4.08. The number of hydrogen-bond donors (Lipinski definition) is 0. The second-order valence-corrected chi connectivity index (χ2v) is 11.2. The third-order valence-corrected chi connectivity index (χ3v) is 8.65. The fraction of sp³-hybridized carbons (Fsp3) is 0.387. The number of ether oxygens (including phenoxy) is 2. The van der Waals surface area contributed by atoms with Crippen LogP contribution in [0.1, 0.15) is 29.5 Å². The number of anilines is 1. The molecule has 1 atom stereocenters. The summed E-state index contributed by atoms with van der Waals surface area (Å²) in [5, 5.41) is 0. The van der Waals surface area contributed by atoms with Crippen LogP contribution in [0.2, 0.25) is 0 Å². The Morgan fingerprint density at radius 1 is 0.976 bits per heavy atom. The molecule has 0 unspecified atom stereocenters. The highest BCUT2D eigenvalue weighted by Crippen LogP contribution is 2.37. The van der Waals surface area contributed by atoms with Crippen molar-refractivity contribution in [2.24, 2.45) is 5.92 Å². The van der Waals surface area contributed by atoms with Gasteiger partial charge in [0.05, 0.1) is 38.5 Å². The number of fused-ring (bicyclic) bond motifs is 4. The predicted molar refractivity (Wildman–Crippen MR) is 141 cm³/mol. The van der Waals surface area contributed by atoms with Gasteiger partial charge in [-0.15, -0.1) is 0 Å². The van der Waals surface area contributed by atoms with Gasteiger partial charge in [0.1, 0.15) is 18.1 Å². The van der Waals surface area contributed by atoms with E-state index in [0.29, 0.717) is 6.54 Å². The largest absolute Gasteiger partial charge is 1.00 e. The topological polar surface area (TPSA) is 38.8 Å². The maximum atomic E-state index is 14.1. The molecule has 7 rings (SSSR count). The van der Waals surface area contributed by atoms with Gasteiger partial charge in [-0.2, -0.15) is 0 Å². The Bertz CT molecular complexity index is 1410. The molecule has 4 heterocycles. The monoisotopic (exact) mass is 590 g/mol. The lowest BCUT2D eigenvalue weighted by Crippen LogP contribution is -3.00. The molecule has 0 saturated carbocycles. The normalized spacial score (nSPS) is 22.4. The Kier molecular flexibility index (Phi) is 8.47. The summed E-state index contributed by atoms with van der Waals surface area (Å²) in [5.41, 5.74) is 2.73. The van der Waals surface area contributed by atoms with Crippen molar-refractivity contribution in [3.8, 4) is 5.75 Å². The average molecular weight is 591 g/mol. The first-order valence-corrected chi connectivity index (χ1v) is 13.8. The summed E-state index contributed by atoms with van der Waals surface area (Å²) in [7, 11) is 0. The second-order valence-electron chi connectivity index (χ2n) is 11.2. The Morgan fingerprint density at radius 3 is 2.46 bits per heavy atom. The van der Waals surface area contributed by atoms with Crippen LogP contribution in [0, 0.1) is 29.2 Å². The number of nitrogens with zero attached hydrogens (tertiary/aromatic N) is 2. The molecule has 0 spiro atoms. The fourth-order valence-electron chi connectivity index (χ4n) is 6.41. The summed E-state index contributed by atoms with van der Waals surface area (Å²) in [6.07, 6.45) is 2.65. The van der Waals surface area contributed by atoms with Crippen LogP contribution in [0.4, 0.5) is 28.0 Å². The molecule has 0 aliphatic carbocycles. The minimum absolute atomic E-state index is 0. The van der Waals surface area contributed by atoms with Crippen LogP contribution in [0.5, 0.6) is 5.75 Å². The molecule has 2 bridgehead atoms. The molecule has 0 radical (unpaired) electrons. The van der Waals surface area contributed by atoms with Crippen molar-refractivity contribution in [3.63, 3.8) is 0 Å². The standard InChI is InChI=1S/C31H31F4N2O3.ClH/c32-24-2-1-3-25(17-24)36(18-21-15-26(33)30(35)27(34)16-21)31(38)40-29-19-37(11-7-22(29)8-12-37)10-6-20-4-5-28-23(14-20)9-13-39-28;/h1-5,14-17,22,29H,6-13,18-19H2;1H/q+1;/p-1/t22?,29-,37?;/m0./s1. The van der Waals surface area contributed by atoms with Crippen LogP contribution < -0.4 is 22.0 Å². The smallest absolute Gasteiger partial charge is 0.415 e. The Labute approximate surface area is 242 Å².